The number of hydrogen-bond donors (Lipinski definition) is 0. The van der Waals surface area contributed by atoms with Gasteiger partial charge in [-0.2, -0.15) is 0 Å². The molecule has 22 heavy (non-hydrogen) atoms. The zero-order valence-electron chi connectivity index (χ0n) is 12.8. The summed E-state index contributed by atoms with van der Waals surface area (Å²) in [5.74, 6) is -0.357. The Morgan fingerprint density at radius 3 is 2.55 bits per heavy atom. The summed E-state index contributed by atoms with van der Waals surface area (Å²) in [5.41, 5.74) is 1.66. The number of ether oxygens (including phenoxy) is 3. The first-order valence-corrected chi connectivity index (χ1v) is 7.88. The van der Waals surface area contributed by atoms with Gasteiger partial charge in [-0.05, 0) is 30.5 Å². The van der Waals surface area contributed by atoms with Crippen LogP contribution in [0.25, 0.3) is 5.57 Å². The number of carbonyl (C=O) groups is 1. The van der Waals surface area contributed by atoms with E-state index in [9.17, 15) is 4.79 Å². The molecule has 1 saturated heterocycles. The maximum absolute atomic E-state index is 12.3. The van der Waals surface area contributed by atoms with Crippen LogP contribution >= 0.6 is 0 Å². The fourth-order valence-corrected chi connectivity index (χ4v) is 4.00. The van der Waals surface area contributed by atoms with Gasteiger partial charge in [0.2, 0.25) is 5.79 Å². The third kappa shape index (κ3) is 2.13. The number of rotatable bonds is 2. The molecular formula is C18H20O4. The second-order valence-corrected chi connectivity index (χ2v) is 6.66. The Balaban J connectivity index is 1.62. The lowest BCUT2D eigenvalue weighted by atomic mass is 9.83. The van der Waals surface area contributed by atoms with Crippen LogP contribution in [0.4, 0.5) is 0 Å². The van der Waals surface area contributed by atoms with E-state index < -0.39 is 5.79 Å². The molecule has 4 rings (SSSR count). The molecule has 1 aromatic carbocycles. The van der Waals surface area contributed by atoms with E-state index in [1.807, 2.05) is 30.3 Å². The van der Waals surface area contributed by atoms with Crippen LogP contribution in [0, 0.1) is 5.41 Å². The molecule has 116 valence electrons. The molecule has 0 N–H and O–H groups in total. The highest BCUT2D eigenvalue weighted by Crippen LogP contribution is 2.53. The van der Waals surface area contributed by atoms with Crippen molar-refractivity contribution >= 4 is 11.5 Å². The molecule has 1 atom stereocenters. The monoisotopic (exact) mass is 300 g/mol. The van der Waals surface area contributed by atoms with Crippen molar-refractivity contribution in [2.24, 2.45) is 5.41 Å². The maximum atomic E-state index is 12.3. The molecule has 2 aliphatic heterocycles. The minimum Gasteiger partial charge on any atom is -0.497 e. The quantitative estimate of drug-likeness (QED) is 0.786. The highest BCUT2D eigenvalue weighted by Gasteiger charge is 2.54. The molecule has 0 radical (unpaired) electrons. The maximum Gasteiger partial charge on any atom is 0.341 e. The minimum atomic E-state index is -0.837. The van der Waals surface area contributed by atoms with Gasteiger partial charge in [0, 0.05) is 17.9 Å². The predicted octanol–water partition coefficient (Wildman–Crippen LogP) is 3.31. The summed E-state index contributed by atoms with van der Waals surface area (Å²) in [4.78, 5) is 12.3. The summed E-state index contributed by atoms with van der Waals surface area (Å²) in [7, 11) is 1.63. The van der Waals surface area contributed by atoms with Gasteiger partial charge in [0.25, 0.3) is 0 Å². The van der Waals surface area contributed by atoms with Gasteiger partial charge in [0.05, 0.1) is 19.3 Å². The predicted molar refractivity (Wildman–Crippen MR) is 81.3 cm³/mol. The van der Waals surface area contributed by atoms with Gasteiger partial charge in [-0.3, -0.25) is 0 Å². The van der Waals surface area contributed by atoms with E-state index in [2.05, 4.69) is 0 Å². The minimum absolute atomic E-state index is 0.214. The van der Waals surface area contributed by atoms with Gasteiger partial charge < -0.3 is 14.2 Å². The summed E-state index contributed by atoms with van der Waals surface area (Å²) in [5, 5.41) is 0. The highest BCUT2D eigenvalue weighted by molar-refractivity contribution is 6.18. The van der Waals surface area contributed by atoms with Gasteiger partial charge in [-0.1, -0.05) is 25.0 Å². The van der Waals surface area contributed by atoms with Crippen molar-refractivity contribution in [2.45, 2.75) is 37.9 Å². The number of methoxy groups -OCH3 is 1. The van der Waals surface area contributed by atoms with E-state index in [-0.39, 0.29) is 11.4 Å². The van der Waals surface area contributed by atoms with E-state index in [4.69, 9.17) is 14.2 Å². The number of hydrogen-bond acceptors (Lipinski definition) is 4. The zero-order chi connectivity index (χ0) is 15.2. The smallest absolute Gasteiger partial charge is 0.341 e. The number of esters is 1. The van der Waals surface area contributed by atoms with Crippen molar-refractivity contribution < 1.29 is 19.0 Å². The van der Waals surface area contributed by atoms with Crippen LogP contribution in [0.15, 0.2) is 30.3 Å². The van der Waals surface area contributed by atoms with Crippen LogP contribution in [-0.2, 0) is 14.3 Å². The van der Waals surface area contributed by atoms with Crippen molar-refractivity contribution in [3.8, 4) is 5.75 Å². The lowest BCUT2D eigenvalue weighted by Gasteiger charge is -2.22. The first kappa shape index (κ1) is 13.8. The second-order valence-electron chi connectivity index (χ2n) is 6.66. The van der Waals surface area contributed by atoms with Crippen LogP contribution in [0.3, 0.4) is 0 Å². The van der Waals surface area contributed by atoms with Crippen LogP contribution in [0.1, 0.15) is 37.7 Å². The Morgan fingerprint density at radius 1 is 1.14 bits per heavy atom. The van der Waals surface area contributed by atoms with Crippen LogP contribution in [0.2, 0.25) is 0 Å². The molecule has 2 heterocycles. The van der Waals surface area contributed by atoms with Gasteiger partial charge >= 0.3 is 5.97 Å². The van der Waals surface area contributed by atoms with E-state index in [0.717, 1.165) is 17.7 Å². The summed E-state index contributed by atoms with van der Waals surface area (Å²) >= 11 is 0. The van der Waals surface area contributed by atoms with Gasteiger partial charge in [0.1, 0.15) is 5.75 Å². The summed E-state index contributed by atoms with van der Waals surface area (Å²) in [6.07, 6.45) is 7.54. The van der Waals surface area contributed by atoms with E-state index in [1.54, 1.807) is 7.11 Å². The molecule has 0 bridgehead atoms. The molecule has 1 saturated carbocycles. The van der Waals surface area contributed by atoms with E-state index in [1.165, 1.54) is 25.7 Å². The lowest BCUT2D eigenvalue weighted by Crippen LogP contribution is -2.28. The molecule has 1 aromatic rings. The number of benzene rings is 1. The lowest BCUT2D eigenvalue weighted by molar-refractivity contribution is -0.181. The normalized spacial score (nSPS) is 29.1. The van der Waals surface area contributed by atoms with Crippen molar-refractivity contribution in [3.63, 3.8) is 0 Å². The van der Waals surface area contributed by atoms with Gasteiger partial charge in [-0.25, -0.2) is 4.79 Å². The second kappa shape index (κ2) is 4.85. The highest BCUT2D eigenvalue weighted by atomic mass is 16.7. The molecule has 4 heteroatoms. The molecule has 0 amide bonds. The Morgan fingerprint density at radius 2 is 1.86 bits per heavy atom. The molecular weight excluding hydrogens is 280 g/mol. The van der Waals surface area contributed by atoms with Crippen molar-refractivity contribution in [2.75, 3.05) is 13.7 Å². The topological polar surface area (TPSA) is 44.8 Å². The Labute approximate surface area is 130 Å². The van der Waals surface area contributed by atoms with E-state index >= 15 is 0 Å². The molecule has 1 unspecified atom stereocenters. The Hall–Kier alpha value is -1.81. The molecule has 4 nitrogen and oxygen atoms in total. The summed E-state index contributed by atoms with van der Waals surface area (Å²) in [6.45, 7) is 0.701. The van der Waals surface area contributed by atoms with Gasteiger partial charge in [-0.15, -0.1) is 0 Å². The molecule has 3 aliphatic rings. The molecule has 0 aromatic heterocycles. The van der Waals surface area contributed by atoms with E-state index in [0.29, 0.717) is 12.2 Å². The summed E-state index contributed by atoms with van der Waals surface area (Å²) in [6, 6.07) is 7.46. The first-order valence-electron chi connectivity index (χ1n) is 7.88. The first-order chi connectivity index (χ1) is 10.6. The third-order valence-electron chi connectivity index (χ3n) is 5.16. The molecule has 2 spiro atoms. The largest absolute Gasteiger partial charge is 0.497 e. The third-order valence-corrected chi connectivity index (χ3v) is 5.16. The molecule has 1 aliphatic carbocycles. The van der Waals surface area contributed by atoms with Crippen LogP contribution in [0.5, 0.6) is 5.75 Å². The average Bonchev–Trinajstić information content (AvgIpc) is 3.21. The number of carbonyl (C=O) groups excluding carboxylic acids is 1. The SMILES string of the molecule is COc1ccc(C2=CC3(CC4(CCCC4)CO3)OC2=O)cc1. The standard InChI is InChI=1S/C18H20O4/c1-20-14-6-4-13(5-7-14)15-10-18(22-16(15)19)11-17(12-21-18)8-2-3-9-17/h4-7,10H,2-3,8-9,11-12H2,1H3. The van der Waals surface area contributed by atoms with Gasteiger partial charge in [0.15, 0.2) is 0 Å². The van der Waals surface area contributed by atoms with Crippen molar-refractivity contribution in [3.05, 3.63) is 35.9 Å². The Kier molecular flexibility index (Phi) is 3.05. The molecule has 2 fully saturated rings. The fourth-order valence-electron chi connectivity index (χ4n) is 4.00. The van der Waals surface area contributed by atoms with Crippen LogP contribution in [-0.4, -0.2) is 25.5 Å². The van der Waals surface area contributed by atoms with Crippen molar-refractivity contribution in [1.29, 1.82) is 0 Å². The average molecular weight is 300 g/mol. The van der Waals surface area contributed by atoms with Crippen LogP contribution < -0.4 is 4.74 Å². The zero-order valence-corrected chi connectivity index (χ0v) is 12.8. The Bertz CT molecular complexity index is 625. The fraction of sp³-hybridized carbons (Fsp3) is 0.500. The van der Waals surface area contributed by atoms with Crippen molar-refractivity contribution in [1.82, 2.24) is 0 Å². The summed E-state index contributed by atoms with van der Waals surface area (Å²) < 4.78 is 16.8.